The van der Waals surface area contributed by atoms with Crippen LogP contribution in [0.4, 0.5) is 9.93 Å². The Bertz CT molecular complexity index is 721. The van der Waals surface area contributed by atoms with Gasteiger partial charge in [-0.15, -0.1) is 11.3 Å². The minimum absolute atomic E-state index is 0.229. The Kier molecular flexibility index (Phi) is 4.02. The molecule has 2 aliphatic carbocycles. The van der Waals surface area contributed by atoms with Crippen LogP contribution in [0.25, 0.3) is 0 Å². The lowest BCUT2D eigenvalue weighted by molar-refractivity contribution is -0.136. The molecule has 4 rings (SSSR count). The first-order chi connectivity index (χ1) is 12.0. The third-order valence-electron chi connectivity index (χ3n) is 5.55. The number of rotatable bonds is 4. The number of hydrogen-bond donors (Lipinski definition) is 1. The van der Waals surface area contributed by atoms with Crippen molar-refractivity contribution in [3.8, 4) is 0 Å². The quantitative estimate of drug-likeness (QED) is 0.835. The number of nitrogens with one attached hydrogen (secondary N) is 1. The van der Waals surface area contributed by atoms with E-state index in [-0.39, 0.29) is 24.4 Å². The summed E-state index contributed by atoms with van der Waals surface area (Å²) in [6.45, 7) is -0.248. The summed E-state index contributed by atoms with van der Waals surface area (Å²) < 4.78 is 0. The molecular weight excluding hydrogens is 340 g/mol. The maximum atomic E-state index is 12.9. The van der Waals surface area contributed by atoms with Gasteiger partial charge >= 0.3 is 6.03 Å². The summed E-state index contributed by atoms with van der Waals surface area (Å²) in [5.74, 6) is -0.0734. The number of likely N-dealkylation sites (N-methyl/N-ethyl adjacent to an activating group) is 1. The second-order valence-electron chi connectivity index (χ2n) is 7.23. The van der Waals surface area contributed by atoms with Crippen molar-refractivity contribution in [2.45, 2.75) is 56.4 Å². The summed E-state index contributed by atoms with van der Waals surface area (Å²) in [6.07, 6.45) is 6.64. The predicted molar refractivity (Wildman–Crippen MR) is 93.4 cm³/mol. The van der Waals surface area contributed by atoms with Crippen LogP contribution in [0, 0.1) is 0 Å². The van der Waals surface area contributed by atoms with Crippen molar-refractivity contribution >= 4 is 34.3 Å². The number of thiazole rings is 1. The minimum Gasteiger partial charge on any atom is -0.313 e. The van der Waals surface area contributed by atoms with Crippen molar-refractivity contribution in [2.75, 3.05) is 18.9 Å². The number of aromatic nitrogens is 1. The number of amides is 4. The zero-order chi connectivity index (χ0) is 17.6. The lowest BCUT2D eigenvalue weighted by atomic mass is 9.81. The zero-order valence-electron chi connectivity index (χ0n) is 14.3. The van der Waals surface area contributed by atoms with E-state index in [0.717, 1.165) is 42.7 Å². The van der Waals surface area contributed by atoms with Gasteiger partial charge in [-0.25, -0.2) is 9.78 Å². The van der Waals surface area contributed by atoms with Gasteiger partial charge in [0, 0.05) is 18.3 Å². The van der Waals surface area contributed by atoms with Crippen molar-refractivity contribution in [3.63, 3.8) is 0 Å². The van der Waals surface area contributed by atoms with Crippen molar-refractivity contribution in [2.24, 2.45) is 0 Å². The average Bonchev–Trinajstić information content (AvgIpc) is 3.35. The van der Waals surface area contributed by atoms with Gasteiger partial charge in [0.25, 0.3) is 5.91 Å². The van der Waals surface area contributed by atoms with Crippen LogP contribution in [0.15, 0.2) is 5.38 Å². The molecule has 0 bridgehead atoms. The summed E-state index contributed by atoms with van der Waals surface area (Å²) in [7, 11) is 1.67. The molecule has 2 saturated carbocycles. The molecule has 3 aliphatic rings. The van der Waals surface area contributed by atoms with E-state index in [1.54, 1.807) is 7.05 Å². The van der Waals surface area contributed by atoms with Gasteiger partial charge in [-0.05, 0) is 25.7 Å². The lowest BCUT2D eigenvalue weighted by Gasteiger charge is -2.35. The fraction of sp³-hybridized carbons (Fsp3) is 0.647. The molecule has 134 valence electrons. The Hall–Kier alpha value is -1.96. The Morgan fingerprint density at radius 3 is 2.72 bits per heavy atom. The smallest absolute Gasteiger partial charge is 0.313 e. The molecule has 1 aromatic heterocycles. The van der Waals surface area contributed by atoms with Crippen LogP contribution in [-0.4, -0.2) is 51.8 Å². The highest BCUT2D eigenvalue weighted by atomic mass is 32.1. The standard InChI is InChI=1S/C17H22N4O3S/c1-20-16(24)21(14(23)17(20)7-3-2-4-8-17)9-13(22)19-15-18-12(10-25-15)11-5-6-11/h10-11H,2-9H2,1H3,(H,18,19,22). The maximum absolute atomic E-state index is 12.9. The number of urea groups is 1. The zero-order valence-corrected chi connectivity index (χ0v) is 15.1. The van der Waals surface area contributed by atoms with E-state index < -0.39 is 5.54 Å². The van der Waals surface area contributed by atoms with E-state index in [4.69, 9.17) is 0 Å². The second kappa shape index (κ2) is 6.09. The largest absolute Gasteiger partial charge is 0.327 e. The maximum Gasteiger partial charge on any atom is 0.327 e. The Balaban J connectivity index is 1.43. The number of carbonyl (C=O) groups excluding carboxylic acids is 3. The lowest BCUT2D eigenvalue weighted by Crippen LogP contribution is -2.49. The SMILES string of the molecule is CN1C(=O)N(CC(=O)Nc2nc(C3CC3)cs2)C(=O)C12CCCCC2. The van der Waals surface area contributed by atoms with Crippen LogP contribution in [0.2, 0.25) is 0 Å². The van der Waals surface area contributed by atoms with E-state index in [9.17, 15) is 14.4 Å². The number of imide groups is 1. The van der Waals surface area contributed by atoms with Crippen LogP contribution in [0.5, 0.6) is 0 Å². The third kappa shape index (κ3) is 2.82. The normalized spacial score (nSPS) is 22.8. The molecule has 1 aliphatic heterocycles. The molecule has 0 aromatic carbocycles. The van der Waals surface area contributed by atoms with Gasteiger partial charge in [0.1, 0.15) is 12.1 Å². The molecule has 1 aromatic rings. The van der Waals surface area contributed by atoms with Crippen LogP contribution in [0.3, 0.4) is 0 Å². The molecule has 0 radical (unpaired) electrons. The molecule has 1 N–H and O–H groups in total. The highest BCUT2D eigenvalue weighted by Crippen LogP contribution is 2.41. The fourth-order valence-corrected chi connectivity index (χ4v) is 4.69. The molecule has 7 nitrogen and oxygen atoms in total. The second-order valence-corrected chi connectivity index (χ2v) is 8.08. The van der Waals surface area contributed by atoms with Crippen LogP contribution < -0.4 is 5.32 Å². The van der Waals surface area contributed by atoms with Gasteiger partial charge in [-0.2, -0.15) is 0 Å². The van der Waals surface area contributed by atoms with Crippen LogP contribution in [0.1, 0.15) is 56.6 Å². The van der Waals surface area contributed by atoms with Crippen molar-refractivity contribution in [1.29, 1.82) is 0 Å². The number of anilines is 1. The Labute approximate surface area is 150 Å². The van der Waals surface area contributed by atoms with Crippen molar-refractivity contribution in [1.82, 2.24) is 14.8 Å². The molecule has 1 spiro atoms. The molecule has 25 heavy (non-hydrogen) atoms. The number of nitrogens with zero attached hydrogens (tertiary/aromatic N) is 3. The monoisotopic (exact) mass is 362 g/mol. The van der Waals surface area contributed by atoms with E-state index in [1.807, 2.05) is 5.38 Å². The van der Waals surface area contributed by atoms with Crippen molar-refractivity contribution < 1.29 is 14.4 Å². The minimum atomic E-state index is -0.740. The highest BCUT2D eigenvalue weighted by Gasteiger charge is 2.55. The predicted octanol–water partition coefficient (Wildman–Crippen LogP) is 2.56. The third-order valence-corrected chi connectivity index (χ3v) is 6.33. The molecule has 3 fully saturated rings. The van der Waals surface area contributed by atoms with E-state index in [1.165, 1.54) is 16.2 Å². The van der Waals surface area contributed by atoms with Crippen LogP contribution in [-0.2, 0) is 9.59 Å². The summed E-state index contributed by atoms with van der Waals surface area (Å²) in [5.41, 5.74) is 0.283. The van der Waals surface area contributed by atoms with Gasteiger partial charge in [-0.1, -0.05) is 19.3 Å². The van der Waals surface area contributed by atoms with Crippen LogP contribution >= 0.6 is 11.3 Å². The fourth-order valence-electron chi connectivity index (χ4n) is 3.88. The van der Waals surface area contributed by atoms with E-state index >= 15 is 0 Å². The topological polar surface area (TPSA) is 82.6 Å². The molecule has 2 heterocycles. The highest BCUT2D eigenvalue weighted by molar-refractivity contribution is 7.13. The number of carbonyl (C=O) groups is 3. The molecular formula is C17H22N4O3S. The number of hydrogen-bond acceptors (Lipinski definition) is 5. The van der Waals surface area contributed by atoms with Gasteiger partial charge in [0.15, 0.2) is 5.13 Å². The Morgan fingerprint density at radius 2 is 2.04 bits per heavy atom. The molecule has 8 heteroatoms. The van der Waals surface area contributed by atoms with E-state index in [0.29, 0.717) is 23.9 Å². The molecule has 4 amide bonds. The summed E-state index contributed by atoms with van der Waals surface area (Å²) in [5, 5.41) is 5.22. The molecule has 1 saturated heterocycles. The first kappa shape index (κ1) is 16.5. The van der Waals surface area contributed by atoms with Gasteiger partial charge < -0.3 is 10.2 Å². The first-order valence-corrected chi connectivity index (χ1v) is 9.74. The van der Waals surface area contributed by atoms with E-state index in [2.05, 4.69) is 10.3 Å². The summed E-state index contributed by atoms with van der Waals surface area (Å²) in [6, 6.07) is -0.375. The van der Waals surface area contributed by atoms with Gasteiger partial charge in [0.2, 0.25) is 5.91 Å². The van der Waals surface area contributed by atoms with Gasteiger partial charge in [-0.3, -0.25) is 14.5 Å². The summed E-state index contributed by atoms with van der Waals surface area (Å²) in [4.78, 5) is 44.7. The Morgan fingerprint density at radius 1 is 1.32 bits per heavy atom. The van der Waals surface area contributed by atoms with Gasteiger partial charge in [0.05, 0.1) is 5.69 Å². The molecule has 0 atom stereocenters. The average molecular weight is 362 g/mol. The van der Waals surface area contributed by atoms with Crippen molar-refractivity contribution in [3.05, 3.63) is 11.1 Å². The molecule has 0 unspecified atom stereocenters. The first-order valence-electron chi connectivity index (χ1n) is 8.86. The summed E-state index contributed by atoms with van der Waals surface area (Å²) >= 11 is 1.39.